The second-order valence-electron chi connectivity index (χ2n) is 6.08. The number of hydrogen-bond donors (Lipinski definition) is 2. The Bertz CT molecular complexity index is 636. The van der Waals surface area contributed by atoms with Gasteiger partial charge in [-0.1, -0.05) is 20.8 Å². The third kappa shape index (κ3) is 5.95. The molecular weight excluding hydrogens is 308 g/mol. The molecule has 0 aliphatic rings. The molecule has 0 aliphatic heterocycles. The van der Waals surface area contributed by atoms with Crippen LogP contribution in [0.1, 0.15) is 61.2 Å². The van der Waals surface area contributed by atoms with Gasteiger partial charge in [0.25, 0.3) is 0 Å². The molecule has 132 valence electrons. The number of rotatable bonds is 4. The highest BCUT2D eigenvalue weighted by Crippen LogP contribution is 2.22. The van der Waals surface area contributed by atoms with E-state index in [-0.39, 0.29) is 17.4 Å². The van der Waals surface area contributed by atoms with Crippen LogP contribution in [0, 0.1) is 0 Å². The van der Waals surface area contributed by atoms with Crippen molar-refractivity contribution in [3.05, 3.63) is 47.5 Å². The summed E-state index contributed by atoms with van der Waals surface area (Å²) in [6, 6.07) is 5.28. The van der Waals surface area contributed by atoms with Gasteiger partial charge in [-0.15, -0.1) is 0 Å². The van der Waals surface area contributed by atoms with Crippen LogP contribution in [0.5, 0.6) is 0 Å². The topological polar surface area (TPSA) is 84.2 Å². The minimum absolute atomic E-state index is 0.0568. The molecule has 2 N–H and O–H groups in total. The molecule has 2 heterocycles. The third-order valence-corrected chi connectivity index (χ3v) is 3.14. The Hall–Kier alpha value is -2.50. The van der Waals surface area contributed by atoms with Gasteiger partial charge in [-0.3, -0.25) is 0 Å². The van der Waals surface area contributed by atoms with E-state index in [1.54, 1.807) is 32.2 Å². The summed E-state index contributed by atoms with van der Waals surface area (Å²) in [6.45, 7) is 10.7. The van der Waals surface area contributed by atoms with Crippen molar-refractivity contribution >= 4 is 11.9 Å². The van der Waals surface area contributed by atoms with Gasteiger partial charge in [0.1, 0.15) is 11.4 Å². The molecule has 0 unspecified atom stereocenters. The largest absolute Gasteiger partial charge is 0.461 e. The van der Waals surface area contributed by atoms with Gasteiger partial charge in [0, 0.05) is 12.4 Å². The van der Waals surface area contributed by atoms with Crippen LogP contribution < -0.4 is 0 Å². The molecular formula is C18H26N2O4. The fourth-order valence-corrected chi connectivity index (χ4v) is 1.82. The first-order valence-corrected chi connectivity index (χ1v) is 7.96. The zero-order valence-electron chi connectivity index (χ0n) is 14.9. The second kappa shape index (κ2) is 8.96. The monoisotopic (exact) mass is 334 g/mol. The smallest absolute Gasteiger partial charge is 0.354 e. The molecule has 0 fully saturated rings. The summed E-state index contributed by atoms with van der Waals surface area (Å²) in [4.78, 5) is 27.9. The lowest BCUT2D eigenvalue weighted by atomic mass is 9.89. The summed E-state index contributed by atoms with van der Waals surface area (Å²) >= 11 is 0. The summed E-state index contributed by atoms with van der Waals surface area (Å²) in [5.41, 5.74) is 2.19. The van der Waals surface area contributed by atoms with Crippen LogP contribution >= 0.6 is 0 Å². The molecule has 0 aromatic carbocycles. The Morgan fingerprint density at radius 3 is 2.00 bits per heavy atom. The lowest BCUT2D eigenvalue weighted by molar-refractivity contribution is 0.0511. The molecule has 6 nitrogen and oxygen atoms in total. The lowest BCUT2D eigenvalue weighted by Gasteiger charge is -2.15. The molecule has 0 saturated heterocycles. The van der Waals surface area contributed by atoms with Gasteiger partial charge in [-0.05, 0) is 43.0 Å². The van der Waals surface area contributed by atoms with Crippen LogP contribution in [-0.4, -0.2) is 35.1 Å². The summed E-state index contributed by atoms with van der Waals surface area (Å²) in [5.74, 6) is -0.587. The molecule has 0 bridgehead atoms. The number of aromatic amines is 2. The van der Waals surface area contributed by atoms with Gasteiger partial charge in [0.2, 0.25) is 0 Å². The fourth-order valence-electron chi connectivity index (χ4n) is 1.82. The number of hydrogen-bond acceptors (Lipinski definition) is 4. The lowest BCUT2D eigenvalue weighted by Crippen LogP contribution is -2.09. The molecule has 0 radical (unpaired) electrons. The van der Waals surface area contributed by atoms with E-state index >= 15 is 0 Å². The Morgan fingerprint density at radius 2 is 1.58 bits per heavy atom. The molecule has 24 heavy (non-hydrogen) atoms. The van der Waals surface area contributed by atoms with Gasteiger partial charge in [0.15, 0.2) is 0 Å². The number of nitrogens with one attached hydrogen (secondary N) is 2. The maximum atomic E-state index is 11.3. The number of ether oxygens (including phenoxy) is 2. The van der Waals surface area contributed by atoms with Crippen molar-refractivity contribution in [2.45, 2.75) is 40.0 Å². The molecule has 0 spiro atoms. The molecule has 0 amide bonds. The SMILES string of the molecule is CCOC(=O)c1cc(C(C)(C)C)c[nH]1.CCOC(=O)c1ccc[nH]1. The Balaban J connectivity index is 0.000000254. The van der Waals surface area contributed by atoms with Crippen LogP contribution in [0.15, 0.2) is 30.6 Å². The van der Waals surface area contributed by atoms with Crippen molar-refractivity contribution in [3.63, 3.8) is 0 Å². The number of H-pyrrole nitrogens is 2. The minimum atomic E-state index is -0.299. The van der Waals surface area contributed by atoms with Crippen LogP contribution in [0.25, 0.3) is 0 Å². The maximum Gasteiger partial charge on any atom is 0.354 e. The van der Waals surface area contributed by atoms with E-state index in [0.717, 1.165) is 5.56 Å². The molecule has 2 rings (SSSR count). The van der Waals surface area contributed by atoms with Crippen molar-refractivity contribution in [1.82, 2.24) is 9.97 Å². The predicted molar refractivity (Wildman–Crippen MR) is 92.2 cm³/mol. The zero-order valence-corrected chi connectivity index (χ0v) is 14.9. The minimum Gasteiger partial charge on any atom is -0.461 e. The molecule has 6 heteroatoms. The van der Waals surface area contributed by atoms with Gasteiger partial charge < -0.3 is 19.4 Å². The first kappa shape index (κ1) is 19.5. The van der Waals surface area contributed by atoms with E-state index in [0.29, 0.717) is 24.6 Å². The van der Waals surface area contributed by atoms with Crippen molar-refractivity contribution in [2.75, 3.05) is 13.2 Å². The van der Waals surface area contributed by atoms with Crippen LogP contribution in [-0.2, 0) is 14.9 Å². The highest BCUT2D eigenvalue weighted by atomic mass is 16.5. The van der Waals surface area contributed by atoms with E-state index in [9.17, 15) is 9.59 Å². The van der Waals surface area contributed by atoms with Crippen LogP contribution in [0.3, 0.4) is 0 Å². The fraction of sp³-hybridized carbons (Fsp3) is 0.444. The van der Waals surface area contributed by atoms with E-state index < -0.39 is 0 Å². The third-order valence-electron chi connectivity index (χ3n) is 3.14. The molecule has 0 aliphatic carbocycles. The van der Waals surface area contributed by atoms with E-state index in [1.807, 2.05) is 12.3 Å². The number of carbonyl (C=O) groups is 2. The average molecular weight is 334 g/mol. The maximum absolute atomic E-state index is 11.3. The molecule has 0 saturated carbocycles. The zero-order chi connectivity index (χ0) is 18.2. The number of esters is 2. The van der Waals surface area contributed by atoms with Crippen LogP contribution in [0.2, 0.25) is 0 Å². The van der Waals surface area contributed by atoms with Gasteiger partial charge in [0.05, 0.1) is 13.2 Å². The first-order valence-electron chi connectivity index (χ1n) is 7.96. The highest BCUT2D eigenvalue weighted by molar-refractivity contribution is 5.87. The van der Waals surface area contributed by atoms with Gasteiger partial charge >= 0.3 is 11.9 Å². The number of carbonyl (C=O) groups excluding carboxylic acids is 2. The molecule has 2 aromatic heterocycles. The summed E-state index contributed by atoms with van der Waals surface area (Å²) in [5, 5.41) is 0. The van der Waals surface area contributed by atoms with Crippen LogP contribution in [0.4, 0.5) is 0 Å². The first-order chi connectivity index (χ1) is 11.3. The summed E-state index contributed by atoms with van der Waals surface area (Å²) in [6.07, 6.45) is 3.54. The van der Waals surface area contributed by atoms with E-state index in [2.05, 4.69) is 30.7 Å². The van der Waals surface area contributed by atoms with E-state index in [1.165, 1.54) is 0 Å². The van der Waals surface area contributed by atoms with Crippen molar-refractivity contribution in [3.8, 4) is 0 Å². The van der Waals surface area contributed by atoms with Crippen molar-refractivity contribution in [2.24, 2.45) is 0 Å². The average Bonchev–Trinajstić information content (AvgIpc) is 3.20. The predicted octanol–water partition coefficient (Wildman–Crippen LogP) is 3.68. The Kier molecular flexibility index (Phi) is 7.30. The highest BCUT2D eigenvalue weighted by Gasteiger charge is 2.17. The molecule has 2 aromatic rings. The second-order valence-corrected chi connectivity index (χ2v) is 6.08. The number of aromatic nitrogens is 2. The quantitative estimate of drug-likeness (QED) is 0.835. The van der Waals surface area contributed by atoms with Gasteiger partial charge in [-0.2, -0.15) is 0 Å². The van der Waals surface area contributed by atoms with E-state index in [4.69, 9.17) is 9.47 Å². The molecule has 0 atom stereocenters. The van der Waals surface area contributed by atoms with Crippen molar-refractivity contribution < 1.29 is 19.1 Å². The standard InChI is InChI=1S/C11H17NO2.C7H9NO2/c1-5-14-10(13)9-6-8(7-12-9)11(2,3)4;1-2-10-7(9)6-4-3-5-8-6/h6-7,12H,5H2,1-4H3;3-5,8H,2H2,1H3. The van der Waals surface area contributed by atoms with Gasteiger partial charge in [-0.25, -0.2) is 9.59 Å². The Morgan fingerprint density at radius 1 is 1.00 bits per heavy atom. The Labute approximate surface area is 142 Å². The normalized spacial score (nSPS) is 10.5. The summed E-state index contributed by atoms with van der Waals surface area (Å²) in [7, 11) is 0. The summed E-state index contributed by atoms with van der Waals surface area (Å²) < 4.78 is 9.60. The van der Waals surface area contributed by atoms with Crippen molar-refractivity contribution in [1.29, 1.82) is 0 Å².